The minimum Gasteiger partial charge on any atom is -0.313 e. The first kappa shape index (κ1) is 15.4. The van der Waals surface area contributed by atoms with E-state index in [1.165, 1.54) is 0 Å². The van der Waals surface area contributed by atoms with Gasteiger partial charge < -0.3 is 5.32 Å². The lowest BCUT2D eigenvalue weighted by Gasteiger charge is -2.12. The molecule has 0 saturated carbocycles. The first-order valence-electron chi connectivity index (χ1n) is 6.75. The van der Waals surface area contributed by atoms with Crippen LogP contribution in [0.5, 0.6) is 0 Å². The Balaban J connectivity index is 2.42. The van der Waals surface area contributed by atoms with Crippen LogP contribution in [0.3, 0.4) is 0 Å². The Bertz CT molecular complexity index is 605. The van der Waals surface area contributed by atoms with Crippen molar-refractivity contribution in [3.63, 3.8) is 0 Å². The highest BCUT2D eigenvalue weighted by Crippen LogP contribution is 2.26. The topological polar surface area (TPSA) is 29.9 Å². The highest BCUT2D eigenvalue weighted by molar-refractivity contribution is 6.32. The van der Waals surface area contributed by atoms with Crippen LogP contribution in [0.2, 0.25) is 10.0 Å². The monoisotopic (exact) mass is 311 g/mol. The first-order chi connectivity index (χ1) is 9.54. The zero-order valence-corrected chi connectivity index (χ0v) is 13.5. The molecule has 1 aromatic heterocycles. The molecule has 2 rings (SSSR count). The molecule has 0 unspecified atom stereocenters. The van der Waals surface area contributed by atoms with Gasteiger partial charge in [-0.05, 0) is 50.6 Å². The third-order valence-electron chi connectivity index (χ3n) is 3.21. The predicted molar refractivity (Wildman–Crippen MR) is 85.1 cm³/mol. The van der Waals surface area contributed by atoms with Gasteiger partial charge in [0.25, 0.3) is 0 Å². The van der Waals surface area contributed by atoms with E-state index in [2.05, 4.69) is 17.3 Å². The number of hydrogen-bond acceptors (Lipinski definition) is 2. The van der Waals surface area contributed by atoms with Crippen molar-refractivity contribution in [3.05, 3.63) is 45.2 Å². The molecule has 0 amide bonds. The van der Waals surface area contributed by atoms with Crippen LogP contribution in [-0.4, -0.2) is 16.3 Å². The van der Waals surface area contributed by atoms with Crippen molar-refractivity contribution < 1.29 is 0 Å². The van der Waals surface area contributed by atoms with Gasteiger partial charge >= 0.3 is 0 Å². The maximum Gasteiger partial charge on any atom is 0.0848 e. The van der Waals surface area contributed by atoms with Crippen LogP contribution in [0.15, 0.2) is 18.2 Å². The quantitative estimate of drug-likeness (QED) is 0.834. The van der Waals surface area contributed by atoms with Crippen LogP contribution in [0.25, 0.3) is 5.69 Å². The first-order valence-corrected chi connectivity index (χ1v) is 7.51. The Morgan fingerprint density at radius 1 is 1.25 bits per heavy atom. The zero-order valence-electron chi connectivity index (χ0n) is 12.0. The second-order valence-electron chi connectivity index (χ2n) is 4.85. The molecule has 20 heavy (non-hydrogen) atoms. The van der Waals surface area contributed by atoms with Gasteiger partial charge in [0.2, 0.25) is 0 Å². The molecule has 0 spiro atoms. The number of rotatable bonds is 5. The average molecular weight is 312 g/mol. The summed E-state index contributed by atoms with van der Waals surface area (Å²) in [6.45, 7) is 7.77. The summed E-state index contributed by atoms with van der Waals surface area (Å²) in [6.07, 6.45) is 1.10. The molecule has 2 aromatic rings. The fraction of sp³-hybridized carbons (Fsp3) is 0.400. The lowest BCUT2D eigenvalue weighted by atomic mass is 10.1. The van der Waals surface area contributed by atoms with E-state index in [9.17, 15) is 0 Å². The Hall–Kier alpha value is -1.03. The van der Waals surface area contributed by atoms with E-state index in [1.54, 1.807) is 0 Å². The van der Waals surface area contributed by atoms with E-state index < -0.39 is 0 Å². The van der Waals surface area contributed by atoms with Crippen LogP contribution in [0.1, 0.15) is 30.3 Å². The summed E-state index contributed by atoms with van der Waals surface area (Å²) in [5, 5.41) is 9.36. The fourth-order valence-corrected chi connectivity index (χ4v) is 2.47. The Labute approximate surface area is 129 Å². The van der Waals surface area contributed by atoms with Crippen molar-refractivity contribution in [3.8, 4) is 5.69 Å². The molecule has 0 aliphatic rings. The van der Waals surface area contributed by atoms with Gasteiger partial charge in [0.15, 0.2) is 0 Å². The van der Waals surface area contributed by atoms with Crippen molar-refractivity contribution >= 4 is 23.2 Å². The summed E-state index contributed by atoms with van der Waals surface area (Å²) < 4.78 is 1.89. The van der Waals surface area contributed by atoms with Crippen LogP contribution in [0.4, 0.5) is 0 Å². The average Bonchev–Trinajstić information content (AvgIpc) is 2.67. The lowest BCUT2D eigenvalue weighted by molar-refractivity contribution is 0.669. The predicted octanol–water partition coefficient (Wildman–Crippen LogP) is 4.30. The van der Waals surface area contributed by atoms with Crippen molar-refractivity contribution in [2.45, 2.75) is 33.7 Å². The van der Waals surface area contributed by atoms with Gasteiger partial charge in [0.05, 0.1) is 22.1 Å². The van der Waals surface area contributed by atoms with Crippen molar-refractivity contribution in [1.29, 1.82) is 0 Å². The van der Waals surface area contributed by atoms with Crippen LogP contribution < -0.4 is 5.32 Å². The summed E-state index contributed by atoms with van der Waals surface area (Å²) in [4.78, 5) is 0. The molecule has 0 fully saturated rings. The summed E-state index contributed by atoms with van der Waals surface area (Å²) >= 11 is 12.3. The van der Waals surface area contributed by atoms with Gasteiger partial charge in [-0.15, -0.1) is 0 Å². The van der Waals surface area contributed by atoms with Gasteiger partial charge in [0.1, 0.15) is 0 Å². The van der Waals surface area contributed by atoms with Crippen molar-refractivity contribution in [1.82, 2.24) is 15.1 Å². The highest BCUT2D eigenvalue weighted by Gasteiger charge is 2.13. The standard InChI is InChI=1S/C15H19Cl2N3/c1-4-7-18-9-12-8-13(16)5-6-14(12)20-11(3)15(17)10(2)19-20/h5-6,8,18H,4,7,9H2,1-3H3. The van der Waals surface area contributed by atoms with Gasteiger partial charge in [0, 0.05) is 11.6 Å². The number of hydrogen-bond donors (Lipinski definition) is 1. The fourth-order valence-electron chi connectivity index (χ4n) is 2.16. The van der Waals surface area contributed by atoms with Gasteiger partial charge in [-0.25, -0.2) is 4.68 Å². The molecule has 1 heterocycles. The van der Waals surface area contributed by atoms with Gasteiger partial charge in [-0.2, -0.15) is 5.10 Å². The minimum atomic E-state index is 0.715. The summed E-state index contributed by atoms with van der Waals surface area (Å²) in [7, 11) is 0. The van der Waals surface area contributed by atoms with Gasteiger partial charge in [-0.1, -0.05) is 30.1 Å². The molecule has 0 radical (unpaired) electrons. The van der Waals surface area contributed by atoms with Crippen LogP contribution >= 0.6 is 23.2 Å². The van der Waals surface area contributed by atoms with E-state index in [4.69, 9.17) is 23.2 Å². The number of benzene rings is 1. The molecule has 108 valence electrons. The van der Waals surface area contributed by atoms with Crippen LogP contribution in [-0.2, 0) is 6.54 Å². The lowest BCUT2D eigenvalue weighted by Crippen LogP contribution is -2.16. The molecule has 1 N–H and O–H groups in total. The Morgan fingerprint density at radius 2 is 2.00 bits per heavy atom. The third kappa shape index (κ3) is 3.17. The number of aryl methyl sites for hydroxylation is 1. The third-order valence-corrected chi connectivity index (χ3v) is 4.00. The number of nitrogens with one attached hydrogen (secondary N) is 1. The SMILES string of the molecule is CCCNCc1cc(Cl)ccc1-n1nc(C)c(Cl)c1C. The molecule has 0 atom stereocenters. The van der Waals surface area contributed by atoms with E-state index in [1.807, 2.05) is 36.7 Å². The Morgan fingerprint density at radius 3 is 2.60 bits per heavy atom. The largest absolute Gasteiger partial charge is 0.313 e. The molecule has 3 nitrogen and oxygen atoms in total. The van der Waals surface area contributed by atoms with E-state index in [0.29, 0.717) is 5.02 Å². The second-order valence-corrected chi connectivity index (χ2v) is 5.66. The maximum atomic E-state index is 6.23. The molecule has 0 bridgehead atoms. The van der Waals surface area contributed by atoms with E-state index >= 15 is 0 Å². The second kappa shape index (κ2) is 6.61. The van der Waals surface area contributed by atoms with Gasteiger partial charge in [-0.3, -0.25) is 0 Å². The number of halogens is 2. The molecule has 0 saturated heterocycles. The van der Waals surface area contributed by atoms with Crippen molar-refractivity contribution in [2.24, 2.45) is 0 Å². The smallest absolute Gasteiger partial charge is 0.0848 e. The van der Waals surface area contributed by atoms with Crippen LogP contribution in [0, 0.1) is 13.8 Å². The summed E-state index contributed by atoms with van der Waals surface area (Å²) in [6, 6.07) is 5.84. The zero-order chi connectivity index (χ0) is 14.7. The van der Waals surface area contributed by atoms with E-state index in [-0.39, 0.29) is 0 Å². The molecule has 1 aromatic carbocycles. The van der Waals surface area contributed by atoms with Crippen molar-refractivity contribution in [2.75, 3.05) is 6.54 Å². The number of aromatic nitrogens is 2. The highest BCUT2D eigenvalue weighted by atomic mass is 35.5. The molecular formula is C15H19Cl2N3. The molecule has 0 aliphatic heterocycles. The summed E-state index contributed by atoms with van der Waals surface area (Å²) in [5.41, 5.74) is 3.92. The Kier molecular flexibility index (Phi) is 5.08. The molecule has 5 heteroatoms. The molecular weight excluding hydrogens is 293 g/mol. The van der Waals surface area contributed by atoms with E-state index in [0.717, 1.165) is 47.2 Å². The molecule has 0 aliphatic carbocycles. The maximum absolute atomic E-state index is 6.23. The number of nitrogens with zero attached hydrogens (tertiary/aromatic N) is 2. The minimum absolute atomic E-state index is 0.715. The summed E-state index contributed by atoms with van der Waals surface area (Å²) in [5.74, 6) is 0. The normalized spacial score (nSPS) is 11.1.